The van der Waals surface area contributed by atoms with Crippen molar-refractivity contribution in [3.8, 4) is 5.75 Å². The van der Waals surface area contributed by atoms with Crippen LogP contribution in [0.1, 0.15) is 20.7 Å². The maximum Gasteiger partial charge on any atom is 0.339 e. The number of hydrogen-bond acceptors (Lipinski definition) is 4. The first kappa shape index (κ1) is 19.2. The highest BCUT2D eigenvalue weighted by Gasteiger charge is 2.21. The lowest BCUT2D eigenvalue weighted by Gasteiger charge is -2.18. The van der Waals surface area contributed by atoms with Crippen LogP contribution >= 0.6 is 0 Å². The van der Waals surface area contributed by atoms with Gasteiger partial charge in [-0.05, 0) is 36.4 Å². The molecule has 0 aliphatic carbocycles. The van der Waals surface area contributed by atoms with Crippen molar-refractivity contribution in [2.45, 2.75) is 0 Å². The van der Waals surface area contributed by atoms with Crippen molar-refractivity contribution < 1.29 is 19.1 Å². The van der Waals surface area contributed by atoms with Crippen molar-refractivity contribution in [1.29, 1.82) is 0 Å². The minimum Gasteiger partial charge on any atom is -0.490 e. The maximum absolute atomic E-state index is 12.9. The Balaban J connectivity index is 1.64. The Morgan fingerprint density at radius 2 is 1.32 bits per heavy atom. The summed E-state index contributed by atoms with van der Waals surface area (Å²) < 4.78 is 10.8. The van der Waals surface area contributed by atoms with Crippen LogP contribution in [-0.2, 0) is 4.74 Å². The number of ether oxygens (including phenoxy) is 2. The molecule has 142 valence electrons. The Bertz CT molecular complexity index is 926. The Hall–Kier alpha value is -3.60. The van der Waals surface area contributed by atoms with Crippen LogP contribution in [0.25, 0.3) is 0 Å². The van der Waals surface area contributed by atoms with Crippen LogP contribution < -0.4 is 9.64 Å². The number of anilines is 1. The zero-order chi connectivity index (χ0) is 19.8. The lowest BCUT2D eigenvalue weighted by Crippen LogP contribution is -2.28. The van der Waals surface area contributed by atoms with Gasteiger partial charge in [-0.2, -0.15) is 0 Å². The van der Waals surface area contributed by atoms with Gasteiger partial charge in [-0.15, -0.1) is 0 Å². The lowest BCUT2D eigenvalue weighted by molar-refractivity contribution is 0.0448. The zero-order valence-corrected chi connectivity index (χ0v) is 15.6. The number of benzene rings is 3. The van der Waals surface area contributed by atoms with E-state index in [0.29, 0.717) is 11.3 Å². The van der Waals surface area contributed by atoms with Crippen molar-refractivity contribution in [3.05, 3.63) is 96.1 Å². The predicted octanol–water partition coefficient (Wildman–Crippen LogP) is 4.20. The second kappa shape index (κ2) is 9.37. The van der Waals surface area contributed by atoms with Gasteiger partial charge < -0.3 is 14.4 Å². The minimum absolute atomic E-state index is 0.0881. The van der Waals surface area contributed by atoms with E-state index in [1.165, 1.54) is 4.90 Å². The highest BCUT2D eigenvalue weighted by atomic mass is 16.6. The zero-order valence-electron chi connectivity index (χ0n) is 15.6. The van der Waals surface area contributed by atoms with Crippen molar-refractivity contribution in [2.75, 3.05) is 25.2 Å². The molecule has 0 fully saturated rings. The van der Waals surface area contributed by atoms with Gasteiger partial charge in [0.2, 0.25) is 0 Å². The lowest BCUT2D eigenvalue weighted by atomic mass is 10.1. The molecule has 0 radical (unpaired) electrons. The normalized spacial score (nSPS) is 10.2. The van der Waals surface area contributed by atoms with Crippen LogP contribution in [0, 0.1) is 0 Å². The maximum atomic E-state index is 12.9. The summed E-state index contributed by atoms with van der Waals surface area (Å²) in [5, 5.41) is 0. The fourth-order valence-corrected chi connectivity index (χ4v) is 2.69. The number of amides is 1. The highest BCUT2D eigenvalue weighted by molar-refractivity contribution is 6.11. The summed E-state index contributed by atoms with van der Waals surface area (Å²) >= 11 is 0. The number of rotatable bonds is 7. The molecule has 0 heterocycles. The molecule has 0 atom stereocenters. The van der Waals surface area contributed by atoms with Gasteiger partial charge in [0.1, 0.15) is 19.0 Å². The van der Waals surface area contributed by atoms with E-state index >= 15 is 0 Å². The molecule has 3 aromatic rings. The average Bonchev–Trinajstić information content (AvgIpc) is 2.77. The summed E-state index contributed by atoms with van der Waals surface area (Å²) in [4.78, 5) is 26.9. The fourth-order valence-electron chi connectivity index (χ4n) is 2.69. The third kappa shape index (κ3) is 4.76. The molecule has 0 aromatic heterocycles. The first-order valence-corrected chi connectivity index (χ1v) is 8.94. The first-order valence-electron chi connectivity index (χ1n) is 8.94. The Labute approximate surface area is 164 Å². The van der Waals surface area contributed by atoms with Crippen molar-refractivity contribution in [3.63, 3.8) is 0 Å². The van der Waals surface area contributed by atoms with Crippen LogP contribution in [0.5, 0.6) is 5.75 Å². The molecule has 0 bridgehead atoms. The molecule has 1 amide bonds. The number of para-hydroxylation sites is 2. The van der Waals surface area contributed by atoms with Gasteiger partial charge in [0.15, 0.2) is 0 Å². The highest BCUT2D eigenvalue weighted by Crippen LogP contribution is 2.18. The van der Waals surface area contributed by atoms with E-state index in [1.807, 2.05) is 60.7 Å². The van der Waals surface area contributed by atoms with E-state index in [4.69, 9.17) is 9.47 Å². The molecule has 0 aliphatic rings. The number of carbonyl (C=O) groups is 2. The summed E-state index contributed by atoms with van der Waals surface area (Å²) in [6.45, 7) is 0.320. The fraction of sp³-hybridized carbons (Fsp3) is 0.130. The van der Waals surface area contributed by atoms with Crippen LogP contribution in [0.2, 0.25) is 0 Å². The van der Waals surface area contributed by atoms with E-state index in [2.05, 4.69) is 0 Å². The minimum atomic E-state index is -0.554. The van der Waals surface area contributed by atoms with Gasteiger partial charge in [-0.25, -0.2) is 4.79 Å². The number of hydrogen-bond donors (Lipinski definition) is 0. The van der Waals surface area contributed by atoms with Gasteiger partial charge in [0, 0.05) is 12.7 Å². The summed E-state index contributed by atoms with van der Waals surface area (Å²) in [6, 6.07) is 25.2. The quantitative estimate of drug-likeness (QED) is 0.459. The monoisotopic (exact) mass is 375 g/mol. The first-order chi connectivity index (χ1) is 13.7. The number of esters is 1. The van der Waals surface area contributed by atoms with Gasteiger partial charge in [-0.1, -0.05) is 48.5 Å². The summed E-state index contributed by atoms with van der Waals surface area (Å²) in [6.07, 6.45) is 0. The van der Waals surface area contributed by atoms with Crippen molar-refractivity contribution in [1.82, 2.24) is 0 Å². The largest absolute Gasteiger partial charge is 0.490 e. The van der Waals surface area contributed by atoms with Gasteiger partial charge >= 0.3 is 5.97 Å². The molecule has 0 saturated carbocycles. The van der Waals surface area contributed by atoms with E-state index in [9.17, 15) is 9.59 Å². The molecule has 0 saturated heterocycles. The SMILES string of the molecule is CN(C(=O)c1ccccc1C(=O)OCCOc1ccccc1)c1ccccc1. The van der Waals surface area contributed by atoms with E-state index in [1.54, 1.807) is 31.3 Å². The Kier molecular flexibility index (Phi) is 6.41. The van der Waals surface area contributed by atoms with Gasteiger partial charge in [-0.3, -0.25) is 4.79 Å². The van der Waals surface area contributed by atoms with Crippen LogP contribution in [0.3, 0.4) is 0 Å². The molecular weight excluding hydrogens is 354 g/mol. The molecule has 0 spiro atoms. The summed E-state index contributed by atoms with van der Waals surface area (Å²) in [7, 11) is 1.67. The third-order valence-electron chi connectivity index (χ3n) is 4.15. The Morgan fingerprint density at radius 3 is 2.00 bits per heavy atom. The molecular formula is C23H21NO4. The molecule has 5 heteroatoms. The van der Waals surface area contributed by atoms with Crippen LogP contribution in [0.4, 0.5) is 5.69 Å². The number of carbonyl (C=O) groups excluding carboxylic acids is 2. The third-order valence-corrected chi connectivity index (χ3v) is 4.15. The second-order valence-electron chi connectivity index (χ2n) is 6.04. The molecule has 28 heavy (non-hydrogen) atoms. The topological polar surface area (TPSA) is 55.8 Å². The Morgan fingerprint density at radius 1 is 0.750 bits per heavy atom. The van der Waals surface area contributed by atoms with Crippen LogP contribution in [-0.4, -0.2) is 32.1 Å². The number of nitrogens with zero attached hydrogens (tertiary/aromatic N) is 1. The standard InChI is InChI=1S/C23H21NO4/c1-24(18-10-4-2-5-11-18)22(25)20-14-8-9-15-21(20)23(26)28-17-16-27-19-12-6-3-7-13-19/h2-15H,16-17H2,1H3. The van der Waals surface area contributed by atoms with Crippen LogP contribution in [0.15, 0.2) is 84.9 Å². The molecule has 0 N–H and O–H groups in total. The van der Waals surface area contributed by atoms with Gasteiger partial charge in [0.05, 0.1) is 11.1 Å². The average molecular weight is 375 g/mol. The van der Waals surface area contributed by atoms with E-state index in [-0.39, 0.29) is 24.7 Å². The van der Waals surface area contributed by atoms with Gasteiger partial charge in [0.25, 0.3) is 5.91 Å². The summed E-state index contributed by atoms with van der Waals surface area (Å²) in [5.41, 5.74) is 1.27. The predicted molar refractivity (Wildman–Crippen MR) is 108 cm³/mol. The molecule has 0 aliphatic heterocycles. The van der Waals surface area contributed by atoms with Crippen molar-refractivity contribution in [2.24, 2.45) is 0 Å². The van der Waals surface area contributed by atoms with Crippen molar-refractivity contribution >= 4 is 17.6 Å². The molecule has 5 nitrogen and oxygen atoms in total. The smallest absolute Gasteiger partial charge is 0.339 e. The molecule has 0 unspecified atom stereocenters. The van der Waals surface area contributed by atoms with E-state index in [0.717, 1.165) is 5.69 Å². The molecule has 3 rings (SSSR count). The van der Waals surface area contributed by atoms with E-state index < -0.39 is 5.97 Å². The second-order valence-corrected chi connectivity index (χ2v) is 6.04. The molecule has 3 aromatic carbocycles. The summed E-state index contributed by atoms with van der Waals surface area (Å²) in [5.74, 6) is -0.125.